The Bertz CT molecular complexity index is 947. The molecule has 208 valence electrons. The number of likely N-dealkylation sites (tertiary alicyclic amines) is 1. The zero-order valence-electron chi connectivity index (χ0n) is 23.4. The van der Waals surface area contributed by atoms with E-state index in [2.05, 4.69) is 24.5 Å². The van der Waals surface area contributed by atoms with Crippen LogP contribution < -0.4 is 16.4 Å². The van der Waals surface area contributed by atoms with Crippen LogP contribution in [-0.4, -0.2) is 59.0 Å². The summed E-state index contributed by atoms with van der Waals surface area (Å²) in [5.41, 5.74) is 5.23. The van der Waals surface area contributed by atoms with Crippen LogP contribution in [0, 0.1) is 22.2 Å². The molecule has 0 aromatic carbocycles. The lowest BCUT2D eigenvalue weighted by atomic mass is 9.73. The molecule has 4 aliphatic rings. The summed E-state index contributed by atoms with van der Waals surface area (Å²) < 4.78 is 5.41. The van der Waals surface area contributed by atoms with Crippen molar-refractivity contribution in [1.82, 2.24) is 15.5 Å². The summed E-state index contributed by atoms with van der Waals surface area (Å²) in [4.78, 5) is 53.7. The average Bonchev–Trinajstić information content (AvgIpc) is 3.02. The van der Waals surface area contributed by atoms with Crippen LogP contribution in [-0.2, 0) is 19.1 Å². The van der Waals surface area contributed by atoms with Crippen LogP contribution in [0.3, 0.4) is 0 Å². The van der Waals surface area contributed by atoms with Gasteiger partial charge >= 0.3 is 6.09 Å². The highest BCUT2D eigenvalue weighted by Crippen LogP contribution is 2.88. The molecule has 1 aliphatic heterocycles. The molecule has 0 bridgehead atoms. The first-order valence-electron chi connectivity index (χ1n) is 14.1. The van der Waals surface area contributed by atoms with Crippen molar-refractivity contribution < 1.29 is 23.9 Å². The van der Waals surface area contributed by atoms with Crippen LogP contribution in [0.1, 0.15) is 99.3 Å². The number of fused-ring (bicyclic) bond motifs is 1. The highest BCUT2D eigenvalue weighted by Gasteiger charge is 2.85. The molecule has 1 unspecified atom stereocenters. The minimum Gasteiger partial charge on any atom is -0.444 e. The molecule has 4 atom stereocenters. The van der Waals surface area contributed by atoms with E-state index in [0.29, 0.717) is 13.0 Å². The molecule has 9 heteroatoms. The van der Waals surface area contributed by atoms with E-state index in [9.17, 15) is 19.2 Å². The molecule has 4 N–H and O–H groups in total. The van der Waals surface area contributed by atoms with Crippen molar-refractivity contribution in [3.8, 4) is 0 Å². The second kappa shape index (κ2) is 9.45. The van der Waals surface area contributed by atoms with Gasteiger partial charge in [0.2, 0.25) is 17.7 Å². The van der Waals surface area contributed by atoms with E-state index in [0.717, 1.165) is 44.9 Å². The van der Waals surface area contributed by atoms with Crippen molar-refractivity contribution in [2.75, 3.05) is 6.54 Å². The van der Waals surface area contributed by atoms with Gasteiger partial charge in [-0.1, -0.05) is 39.5 Å². The van der Waals surface area contributed by atoms with E-state index in [1.165, 1.54) is 6.42 Å². The summed E-state index contributed by atoms with van der Waals surface area (Å²) in [5.74, 6) is -1.22. The topological polar surface area (TPSA) is 131 Å². The average molecular weight is 519 g/mol. The van der Waals surface area contributed by atoms with E-state index >= 15 is 0 Å². The lowest BCUT2D eigenvalue weighted by Gasteiger charge is -2.33. The van der Waals surface area contributed by atoms with Gasteiger partial charge in [-0.05, 0) is 76.5 Å². The molecule has 3 saturated carbocycles. The van der Waals surface area contributed by atoms with Gasteiger partial charge in [0.1, 0.15) is 23.7 Å². The number of hydrogen-bond acceptors (Lipinski definition) is 5. The zero-order valence-corrected chi connectivity index (χ0v) is 23.4. The molecule has 9 nitrogen and oxygen atoms in total. The van der Waals surface area contributed by atoms with Crippen molar-refractivity contribution in [1.29, 1.82) is 0 Å². The lowest BCUT2D eigenvalue weighted by molar-refractivity contribution is -0.140. The number of ether oxygens (including phenoxy) is 1. The Kier molecular flexibility index (Phi) is 7.08. The second-order valence-electron chi connectivity index (χ2n) is 13.5. The standard InChI is InChI=1S/C28H46N4O5/c1-17(30-22(34)20(18-11-8-7-9-12-18)31-24(36)37-25(2,3)4)23(35)32-16-28(15-19(32)21(29)33)26(5,6)27(28)13-10-14-27/h17-20H,7-16H2,1-6H3,(H2,29,33)(H,30,34)(H,31,36)/t17-,19-,20?,28+/m0/s1. The third-order valence-corrected chi connectivity index (χ3v) is 10.2. The van der Waals surface area contributed by atoms with Crippen molar-refractivity contribution in [2.24, 2.45) is 27.9 Å². The summed E-state index contributed by atoms with van der Waals surface area (Å²) in [6.07, 6.45) is 8.12. The van der Waals surface area contributed by atoms with Crippen LogP contribution in [0.25, 0.3) is 0 Å². The summed E-state index contributed by atoms with van der Waals surface area (Å²) in [5, 5.41) is 5.62. The first kappa shape index (κ1) is 27.7. The normalized spacial score (nSPS) is 29.8. The molecule has 1 saturated heterocycles. The maximum Gasteiger partial charge on any atom is 0.408 e. The number of primary amides is 1. The Morgan fingerprint density at radius 2 is 1.59 bits per heavy atom. The number of nitrogens with one attached hydrogen (secondary N) is 2. The first-order chi connectivity index (χ1) is 17.2. The van der Waals surface area contributed by atoms with Crippen LogP contribution in [0.2, 0.25) is 0 Å². The van der Waals surface area contributed by atoms with Crippen LogP contribution in [0.4, 0.5) is 4.79 Å². The molecule has 37 heavy (non-hydrogen) atoms. The van der Waals surface area contributed by atoms with Crippen LogP contribution in [0.5, 0.6) is 0 Å². The molecule has 0 radical (unpaired) electrons. The first-order valence-corrected chi connectivity index (χ1v) is 14.1. The molecule has 1 heterocycles. The fraction of sp³-hybridized carbons (Fsp3) is 0.857. The molecule has 4 rings (SSSR count). The highest BCUT2D eigenvalue weighted by molar-refractivity contribution is 5.94. The minimum atomic E-state index is -0.852. The van der Waals surface area contributed by atoms with Gasteiger partial charge in [0.05, 0.1) is 0 Å². The number of hydrogen-bond donors (Lipinski definition) is 3. The zero-order chi connectivity index (χ0) is 27.4. The van der Waals surface area contributed by atoms with E-state index in [1.807, 2.05) is 0 Å². The molecule has 4 fully saturated rings. The van der Waals surface area contributed by atoms with Crippen molar-refractivity contribution in [3.63, 3.8) is 0 Å². The second-order valence-corrected chi connectivity index (χ2v) is 13.5. The molecule has 0 aromatic rings. The summed E-state index contributed by atoms with van der Waals surface area (Å²) >= 11 is 0. The lowest BCUT2D eigenvalue weighted by Crippen LogP contribution is -2.57. The van der Waals surface area contributed by atoms with Gasteiger partial charge in [0, 0.05) is 12.0 Å². The fourth-order valence-corrected chi connectivity index (χ4v) is 8.00. The Hall–Kier alpha value is -2.32. The third kappa shape index (κ3) is 4.60. The van der Waals surface area contributed by atoms with Crippen molar-refractivity contribution >= 4 is 23.8 Å². The van der Waals surface area contributed by atoms with Gasteiger partial charge in [-0.15, -0.1) is 0 Å². The Morgan fingerprint density at radius 3 is 2.08 bits per heavy atom. The van der Waals surface area contributed by atoms with Crippen LogP contribution in [0.15, 0.2) is 0 Å². The quantitative estimate of drug-likeness (QED) is 0.497. The van der Waals surface area contributed by atoms with Gasteiger partial charge in [-0.25, -0.2) is 4.79 Å². The maximum atomic E-state index is 13.6. The number of nitrogens with zero attached hydrogens (tertiary/aromatic N) is 1. The van der Waals surface area contributed by atoms with E-state index in [-0.39, 0.29) is 28.1 Å². The van der Waals surface area contributed by atoms with Gasteiger partial charge in [0.15, 0.2) is 0 Å². The highest BCUT2D eigenvalue weighted by atomic mass is 16.6. The fourth-order valence-electron chi connectivity index (χ4n) is 8.00. The molecule has 2 spiro atoms. The summed E-state index contributed by atoms with van der Waals surface area (Å²) in [6.45, 7) is 12.0. The number of alkyl carbamates (subject to hydrolysis) is 1. The van der Waals surface area contributed by atoms with Gasteiger partial charge in [-0.3, -0.25) is 14.4 Å². The largest absolute Gasteiger partial charge is 0.444 e. The Morgan fingerprint density at radius 1 is 0.973 bits per heavy atom. The van der Waals surface area contributed by atoms with Gasteiger partial charge in [-0.2, -0.15) is 0 Å². The predicted molar refractivity (Wildman–Crippen MR) is 139 cm³/mol. The summed E-state index contributed by atoms with van der Waals surface area (Å²) in [7, 11) is 0. The third-order valence-electron chi connectivity index (χ3n) is 10.2. The number of nitrogens with two attached hydrogens (primary N) is 1. The smallest absolute Gasteiger partial charge is 0.408 e. The molecule has 4 amide bonds. The summed E-state index contributed by atoms with van der Waals surface area (Å²) in [6, 6.07) is -2.31. The van der Waals surface area contributed by atoms with Crippen LogP contribution >= 0.6 is 0 Å². The maximum absolute atomic E-state index is 13.6. The number of rotatable bonds is 6. The van der Waals surface area contributed by atoms with Gasteiger partial charge < -0.3 is 26.0 Å². The predicted octanol–water partition coefficient (Wildman–Crippen LogP) is 3.25. The van der Waals surface area contributed by atoms with Crippen molar-refractivity contribution in [2.45, 2.75) is 123 Å². The minimum absolute atomic E-state index is 0.0252. The molecule has 0 aromatic heterocycles. The Balaban J connectivity index is 1.46. The van der Waals surface area contributed by atoms with E-state index in [1.54, 1.807) is 32.6 Å². The van der Waals surface area contributed by atoms with Gasteiger partial charge in [0.25, 0.3) is 0 Å². The van der Waals surface area contributed by atoms with Crippen molar-refractivity contribution in [3.05, 3.63) is 0 Å². The molecule has 3 aliphatic carbocycles. The molecular formula is C28H46N4O5. The number of carbonyl (C=O) groups is 4. The number of carbonyl (C=O) groups excluding carboxylic acids is 4. The monoisotopic (exact) mass is 518 g/mol. The van der Waals surface area contributed by atoms with E-state index in [4.69, 9.17) is 10.5 Å². The SMILES string of the molecule is C[C@H](NC(=O)C(NC(=O)OC(C)(C)C)C1CCCCC1)C(=O)N1C[C@]2(C[C@H]1C(N)=O)C(C)(C)C21CCC1. The Labute approximate surface area is 221 Å². The molecular weight excluding hydrogens is 472 g/mol. The van der Waals surface area contributed by atoms with E-state index < -0.39 is 41.6 Å². The number of amides is 4.